The Hall–Kier alpha value is -3.69. The van der Waals surface area contributed by atoms with Crippen LogP contribution < -0.4 is 14.8 Å². The third-order valence-electron chi connectivity index (χ3n) is 6.77. The number of hydrogen-bond donors (Lipinski definition) is 2. The molecule has 1 unspecified atom stereocenters. The highest BCUT2D eigenvalue weighted by Crippen LogP contribution is 2.23. The largest absolute Gasteiger partial charge is 0.496 e. The summed E-state index contributed by atoms with van der Waals surface area (Å²) < 4.78 is 32.9. The molecule has 0 spiro atoms. The number of carbonyl (C=O) groups is 2. The summed E-state index contributed by atoms with van der Waals surface area (Å²) in [5.41, 5.74) is 2.62. The van der Waals surface area contributed by atoms with E-state index in [1.165, 1.54) is 0 Å². The van der Waals surface area contributed by atoms with E-state index in [0.29, 0.717) is 18.7 Å². The summed E-state index contributed by atoms with van der Waals surface area (Å²) in [5, 5.41) is 2.93. The highest BCUT2D eigenvalue weighted by Gasteiger charge is 2.28. The molecule has 1 saturated carbocycles. The van der Waals surface area contributed by atoms with Crippen molar-refractivity contribution in [3.05, 3.63) is 95.6 Å². The quantitative estimate of drug-likeness (QED) is 0.338. The van der Waals surface area contributed by atoms with Crippen molar-refractivity contribution in [2.75, 3.05) is 7.11 Å². The van der Waals surface area contributed by atoms with Gasteiger partial charge in [0.15, 0.2) is 0 Å². The van der Waals surface area contributed by atoms with Gasteiger partial charge in [0.05, 0.1) is 12.0 Å². The summed E-state index contributed by atoms with van der Waals surface area (Å²) in [6, 6.07) is 23.0. The van der Waals surface area contributed by atoms with Gasteiger partial charge in [-0.05, 0) is 55.5 Å². The number of nitrogens with one attached hydrogen (secondary N) is 2. The van der Waals surface area contributed by atoms with Gasteiger partial charge in [-0.3, -0.25) is 9.59 Å². The standard InChI is InChI=1S/C30H35N3O5S/c1-22(30(35)31-20-25-10-6-7-11-28(25)38-2)33(21-24-8-4-3-5-9-24)29(34)19-14-23-12-17-27(18-13-23)39(36,37)32-26-15-16-26/h3-13,17-18,22,26,32H,14-16,19-21H2,1-2H3,(H,31,35). The number of aryl methyl sites for hydroxylation is 1. The van der Waals surface area contributed by atoms with Gasteiger partial charge >= 0.3 is 0 Å². The molecule has 0 bridgehead atoms. The molecule has 1 atom stereocenters. The van der Waals surface area contributed by atoms with Crippen molar-refractivity contribution in [1.82, 2.24) is 14.9 Å². The lowest BCUT2D eigenvalue weighted by Gasteiger charge is -2.29. The van der Waals surface area contributed by atoms with Crippen LogP contribution in [0.3, 0.4) is 0 Å². The Morgan fingerprint density at radius 3 is 2.28 bits per heavy atom. The van der Waals surface area contributed by atoms with Crippen LogP contribution in [0.5, 0.6) is 5.75 Å². The zero-order chi connectivity index (χ0) is 27.8. The molecule has 1 aliphatic rings. The monoisotopic (exact) mass is 549 g/mol. The van der Waals surface area contributed by atoms with Gasteiger partial charge in [0, 0.05) is 31.1 Å². The predicted molar refractivity (Wildman–Crippen MR) is 149 cm³/mol. The Balaban J connectivity index is 1.41. The second kappa shape index (κ2) is 12.9. The molecule has 3 aromatic carbocycles. The maximum Gasteiger partial charge on any atom is 0.242 e. The van der Waals surface area contributed by atoms with Crippen LogP contribution in [0, 0.1) is 0 Å². The van der Waals surface area contributed by atoms with E-state index in [4.69, 9.17) is 4.74 Å². The molecule has 0 saturated heterocycles. The predicted octanol–water partition coefficient (Wildman–Crippen LogP) is 3.80. The number of methoxy groups -OCH3 is 1. The molecule has 1 fully saturated rings. The number of nitrogens with zero attached hydrogens (tertiary/aromatic N) is 1. The topological polar surface area (TPSA) is 105 Å². The number of amides is 2. The zero-order valence-electron chi connectivity index (χ0n) is 22.3. The van der Waals surface area contributed by atoms with Crippen molar-refractivity contribution in [1.29, 1.82) is 0 Å². The lowest BCUT2D eigenvalue weighted by Crippen LogP contribution is -2.47. The summed E-state index contributed by atoms with van der Waals surface area (Å²) >= 11 is 0. The maximum atomic E-state index is 13.4. The van der Waals surface area contributed by atoms with E-state index in [0.717, 1.165) is 29.5 Å². The smallest absolute Gasteiger partial charge is 0.242 e. The summed E-state index contributed by atoms with van der Waals surface area (Å²) in [6.45, 7) is 2.31. The first-order valence-corrected chi connectivity index (χ1v) is 14.6. The number of carbonyl (C=O) groups excluding carboxylic acids is 2. The highest BCUT2D eigenvalue weighted by molar-refractivity contribution is 7.89. The number of ether oxygens (including phenoxy) is 1. The van der Waals surface area contributed by atoms with Crippen LogP contribution in [0.4, 0.5) is 0 Å². The van der Waals surface area contributed by atoms with Crippen molar-refractivity contribution in [3.63, 3.8) is 0 Å². The number of para-hydroxylation sites is 1. The molecule has 0 aromatic heterocycles. The van der Waals surface area contributed by atoms with Gasteiger partial charge in [0.2, 0.25) is 21.8 Å². The number of benzene rings is 3. The minimum Gasteiger partial charge on any atom is -0.496 e. The van der Waals surface area contributed by atoms with E-state index in [9.17, 15) is 18.0 Å². The summed E-state index contributed by atoms with van der Waals surface area (Å²) in [7, 11) is -1.94. The summed E-state index contributed by atoms with van der Waals surface area (Å²) in [6.07, 6.45) is 2.35. The minimum atomic E-state index is -3.52. The second-order valence-corrected chi connectivity index (χ2v) is 11.5. The van der Waals surface area contributed by atoms with E-state index in [1.54, 1.807) is 43.2 Å². The lowest BCUT2D eigenvalue weighted by molar-refractivity contribution is -0.140. The minimum absolute atomic E-state index is 0.0387. The molecule has 4 rings (SSSR count). The fourth-order valence-electron chi connectivity index (χ4n) is 4.26. The SMILES string of the molecule is COc1ccccc1CNC(=O)C(C)N(Cc1ccccc1)C(=O)CCc1ccc(S(=O)(=O)NC2CC2)cc1. The number of hydrogen-bond acceptors (Lipinski definition) is 5. The molecule has 206 valence electrons. The molecular weight excluding hydrogens is 514 g/mol. The van der Waals surface area contributed by atoms with Gasteiger partial charge in [0.25, 0.3) is 0 Å². The molecule has 0 heterocycles. The fourth-order valence-corrected chi connectivity index (χ4v) is 5.57. The number of sulfonamides is 1. The Morgan fingerprint density at radius 2 is 1.62 bits per heavy atom. The normalized spacial score (nSPS) is 13.9. The molecule has 8 nitrogen and oxygen atoms in total. The molecule has 39 heavy (non-hydrogen) atoms. The van der Waals surface area contributed by atoms with Gasteiger partial charge in [-0.25, -0.2) is 13.1 Å². The molecule has 0 aliphatic heterocycles. The third-order valence-corrected chi connectivity index (χ3v) is 8.31. The van der Waals surface area contributed by atoms with Gasteiger partial charge in [-0.15, -0.1) is 0 Å². The summed E-state index contributed by atoms with van der Waals surface area (Å²) in [4.78, 5) is 28.4. The number of rotatable bonds is 13. The molecule has 0 radical (unpaired) electrons. The average molecular weight is 550 g/mol. The first-order chi connectivity index (χ1) is 18.8. The third kappa shape index (κ3) is 7.91. The Labute approximate surface area is 230 Å². The molecular formula is C30H35N3O5S. The maximum absolute atomic E-state index is 13.4. The van der Waals surface area contributed by atoms with E-state index in [1.807, 2.05) is 54.6 Å². The van der Waals surface area contributed by atoms with Crippen LogP contribution in [0.15, 0.2) is 83.8 Å². The molecule has 2 amide bonds. The van der Waals surface area contributed by atoms with Gasteiger partial charge in [-0.2, -0.15) is 0 Å². The van der Waals surface area contributed by atoms with Crippen LogP contribution in [0.1, 0.15) is 42.9 Å². The zero-order valence-corrected chi connectivity index (χ0v) is 23.1. The van der Waals surface area contributed by atoms with Crippen LogP contribution in [-0.4, -0.2) is 44.3 Å². The first-order valence-electron chi connectivity index (χ1n) is 13.1. The van der Waals surface area contributed by atoms with Crippen molar-refractivity contribution < 1.29 is 22.7 Å². The van der Waals surface area contributed by atoms with Crippen LogP contribution in [-0.2, 0) is 39.1 Å². The van der Waals surface area contributed by atoms with Crippen LogP contribution in [0.25, 0.3) is 0 Å². The van der Waals surface area contributed by atoms with E-state index >= 15 is 0 Å². The van der Waals surface area contributed by atoms with Crippen LogP contribution in [0.2, 0.25) is 0 Å². The van der Waals surface area contributed by atoms with Crippen molar-refractivity contribution in [2.24, 2.45) is 0 Å². The molecule has 2 N–H and O–H groups in total. The van der Waals surface area contributed by atoms with E-state index in [2.05, 4.69) is 10.0 Å². The highest BCUT2D eigenvalue weighted by atomic mass is 32.2. The Morgan fingerprint density at radius 1 is 0.949 bits per heavy atom. The average Bonchev–Trinajstić information content (AvgIpc) is 3.77. The molecule has 9 heteroatoms. The Kier molecular flexibility index (Phi) is 9.37. The second-order valence-electron chi connectivity index (χ2n) is 9.75. The van der Waals surface area contributed by atoms with Gasteiger partial charge in [0.1, 0.15) is 11.8 Å². The molecule has 3 aromatic rings. The van der Waals surface area contributed by atoms with Crippen LogP contribution >= 0.6 is 0 Å². The van der Waals surface area contributed by atoms with Gasteiger partial charge < -0.3 is 15.0 Å². The fraction of sp³-hybridized carbons (Fsp3) is 0.333. The Bertz CT molecular complexity index is 1370. The molecule has 1 aliphatic carbocycles. The van der Waals surface area contributed by atoms with E-state index in [-0.39, 0.29) is 35.7 Å². The van der Waals surface area contributed by atoms with E-state index < -0.39 is 16.1 Å². The van der Waals surface area contributed by atoms with Gasteiger partial charge in [-0.1, -0.05) is 60.7 Å². The first kappa shape index (κ1) is 28.3. The summed E-state index contributed by atoms with van der Waals surface area (Å²) in [5.74, 6) is 0.263. The van der Waals surface area contributed by atoms with Crippen molar-refractivity contribution in [3.8, 4) is 5.75 Å². The van der Waals surface area contributed by atoms with Crippen molar-refractivity contribution >= 4 is 21.8 Å². The van der Waals surface area contributed by atoms with Crippen molar-refractivity contribution in [2.45, 2.75) is 62.7 Å². The lowest BCUT2D eigenvalue weighted by atomic mass is 10.1.